The van der Waals surface area contributed by atoms with E-state index in [4.69, 9.17) is 9.47 Å². The van der Waals surface area contributed by atoms with Crippen molar-refractivity contribution in [3.8, 4) is 0 Å². The van der Waals surface area contributed by atoms with Crippen molar-refractivity contribution in [2.45, 2.75) is 58.9 Å². The number of imide groups is 1. The number of hydrogen-bond donors (Lipinski definition) is 1. The van der Waals surface area contributed by atoms with Crippen LogP contribution in [0.1, 0.15) is 81.5 Å². The molecule has 1 aliphatic heterocycles. The molecule has 0 saturated heterocycles. The molecule has 37 heavy (non-hydrogen) atoms. The molecule has 10 heteroatoms. The number of aryl methyl sites for hydroxylation is 1. The van der Waals surface area contributed by atoms with Crippen LogP contribution >= 0.6 is 11.3 Å². The molecule has 1 aromatic carbocycles. The third kappa shape index (κ3) is 5.44. The molecule has 4 rings (SSSR count). The SMILES string of the molecule is CCOC(=O)c1c(NC(=O)COC(=O)[C@@H](CC(C)C)N2C(=O)c3ccccc3C2=O)sc2c1CCCC2. The Morgan fingerprint density at radius 1 is 1.03 bits per heavy atom. The summed E-state index contributed by atoms with van der Waals surface area (Å²) in [4.78, 5) is 66.3. The maximum atomic E-state index is 13.1. The van der Waals surface area contributed by atoms with Gasteiger partial charge in [-0.15, -0.1) is 11.3 Å². The van der Waals surface area contributed by atoms with E-state index in [1.165, 1.54) is 11.3 Å². The Hall–Kier alpha value is -3.53. The molecular formula is C27H30N2O7S. The number of benzene rings is 1. The second kappa shape index (κ2) is 11.2. The summed E-state index contributed by atoms with van der Waals surface area (Å²) < 4.78 is 10.5. The summed E-state index contributed by atoms with van der Waals surface area (Å²) in [5.41, 5.74) is 1.74. The Balaban J connectivity index is 1.47. The molecule has 1 aliphatic carbocycles. The molecule has 0 fully saturated rings. The van der Waals surface area contributed by atoms with Gasteiger partial charge in [0.15, 0.2) is 6.61 Å². The maximum Gasteiger partial charge on any atom is 0.341 e. The fourth-order valence-corrected chi connectivity index (χ4v) is 6.01. The Morgan fingerprint density at radius 3 is 2.30 bits per heavy atom. The third-order valence-electron chi connectivity index (χ3n) is 6.35. The number of anilines is 1. The van der Waals surface area contributed by atoms with Crippen molar-refractivity contribution < 1.29 is 33.4 Å². The number of carbonyl (C=O) groups is 5. The van der Waals surface area contributed by atoms with E-state index in [1.54, 1.807) is 31.2 Å². The van der Waals surface area contributed by atoms with E-state index in [-0.39, 0.29) is 30.1 Å². The van der Waals surface area contributed by atoms with Crippen LogP contribution in [0.25, 0.3) is 0 Å². The molecule has 9 nitrogen and oxygen atoms in total. The van der Waals surface area contributed by atoms with Crippen LogP contribution in [0.15, 0.2) is 24.3 Å². The quantitative estimate of drug-likeness (QED) is 0.387. The molecule has 0 radical (unpaired) electrons. The van der Waals surface area contributed by atoms with Gasteiger partial charge in [0.2, 0.25) is 0 Å². The lowest BCUT2D eigenvalue weighted by Gasteiger charge is -2.25. The number of ether oxygens (including phenoxy) is 2. The minimum Gasteiger partial charge on any atom is -0.462 e. The van der Waals surface area contributed by atoms with Gasteiger partial charge in [0, 0.05) is 4.88 Å². The number of hydrogen-bond acceptors (Lipinski definition) is 8. The molecule has 0 saturated carbocycles. The van der Waals surface area contributed by atoms with E-state index in [0.717, 1.165) is 41.0 Å². The topological polar surface area (TPSA) is 119 Å². The molecule has 2 aromatic rings. The standard InChI is InChI=1S/C27H30N2O7S/c1-4-35-27(34)22-18-11-7-8-12-20(18)37-23(22)28-21(30)14-36-26(33)19(13-15(2)3)29-24(31)16-9-5-6-10-17(16)25(29)32/h5-6,9-10,15,19H,4,7-8,11-14H2,1-3H3,(H,28,30)/t19-/m1/s1. The molecule has 2 aliphatic rings. The fraction of sp³-hybridized carbons (Fsp3) is 0.444. The normalized spacial score (nSPS) is 15.3. The summed E-state index contributed by atoms with van der Waals surface area (Å²) in [6.07, 6.45) is 3.72. The van der Waals surface area contributed by atoms with Crippen LogP contribution in [0.5, 0.6) is 0 Å². The van der Waals surface area contributed by atoms with Gasteiger partial charge in [-0.2, -0.15) is 0 Å². The molecule has 0 spiro atoms. The summed E-state index contributed by atoms with van der Waals surface area (Å²) in [6, 6.07) is 5.23. The second-order valence-electron chi connectivity index (χ2n) is 9.46. The molecule has 196 valence electrons. The van der Waals surface area contributed by atoms with Crippen LogP contribution < -0.4 is 5.32 Å². The highest BCUT2D eigenvalue weighted by molar-refractivity contribution is 7.17. The van der Waals surface area contributed by atoms with Gasteiger partial charge in [0.25, 0.3) is 17.7 Å². The van der Waals surface area contributed by atoms with E-state index in [9.17, 15) is 24.0 Å². The molecule has 0 unspecified atom stereocenters. The first kappa shape index (κ1) is 26.5. The zero-order valence-corrected chi connectivity index (χ0v) is 21.9. The fourth-order valence-electron chi connectivity index (χ4n) is 4.71. The zero-order chi connectivity index (χ0) is 26.7. The number of rotatable bonds is 9. The Labute approximate surface area is 219 Å². The van der Waals surface area contributed by atoms with Crippen molar-refractivity contribution in [2.24, 2.45) is 5.92 Å². The van der Waals surface area contributed by atoms with Crippen LogP contribution in [0, 0.1) is 5.92 Å². The van der Waals surface area contributed by atoms with E-state index in [2.05, 4.69) is 5.32 Å². The summed E-state index contributed by atoms with van der Waals surface area (Å²) in [7, 11) is 0. The van der Waals surface area contributed by atoms with Crippen LogP contribution in [0.3, 0.4) is 0 Å². The smallest absolute Gasteiger partial charge is 0.341 e. The highest BCUT2D eigenvalue weighted by atomic mass is 32.1. The van der Waals surface area contributed by atoms with Gasteiger partial charge >= 0.3 is 11.9 Å². The summed E-state index contributed by atoms with van der Waals surface area (Å²) in [6.45, 7) is 5.03. The van der Waals surface area contributed by atoms with Crippen LogP contribution in [0.2, 0.25) is 0 Å². The molecule has 1 aromatic heterocycles. The summed E-state index contributed by atoms with van der Waals surface area (Å²) in [5.74, 6) is -3.10. The number of carbonyl (C=O) groups excluding carboxylic acids is 5. The van der Waals surface area contributed by atoms with E-state index in [1.807, 2.05) is 13.8 Å². The van der Waals surface area contributed by atoms with Crippen molar-refractivity contribution in [1.82, 2.24) is 4.90 Å². The summed E-state index contributed by atoms with van der Waals surface area (Å²) >= 11 is 1.34. The number of thiophene rings is 1. The molecule has 3 amide bonds. The molecule has 1 atom stereocenters. The number of fused-ring (bicyclic) bond motifs is 2. The van der Waals surface area contributed by atoms with E-state index in [0.29, 0.717) is 10.6 Å². The molecular weight excluding hydrogens is 496 g/mol. The second-order valence-corrected chi connectivity index (χ2v) is 10.6. The van der Waals surface area contributed by atoms with Gasteiger partial charge in [0.05, 0.1) is 23.3 Å². The Kier molecular flexibility index (Phi) is 8.06. The first-order valence-corrected chi connectivity index (χ1v) is 13.3. The lowest BCUT2D eigenvalue weighted by atomic mass is 9.95. The molecule has 0 bridgehead atoms. The van der Waals surface area contributed by atoms with E-state index >= 15 is 0 Å². The predicted octanol–water partition coefficient (Wildman–Crippen LogP) is 4.00. The van der Waals surface area contributed by atoms with Gasteiger partial charge in [-0.05, 0) is 62.6 Å². The Bertz CT molecular complexity index is 1210. The zero-order valence-electron chi connectivity index (χ0n) is 21.1. The van der Waals surface area contributed by atoms with Crippen molar-refractivity contribution in [3.05, 3.63) is 51.4 Å². The lowest BCUT2D eigenvalue weighted by Crippen LogP contribution is -2.46. The minimum atomic E-state index is -1.16. The van der Waals surface area contributed by atoms with E-state index < -0.39 is 42.3 Å². The molecule has 2 heterocycles. The Morgan fingerprint density at radius 2 is 1.68 bits per heavy atom. The largest absolute Gasteiger partial charge is 0.462 e. The van der Waals surface area contributed by atoms with Gasteiger partial charge in [-0.3, -0.25) is 19.3 Å². The summed E-state index contributed by atoms with van der Waals surface area (Å²) in [5, 5.41) is 3.08. The van der Waals surface area contributed by atoms with Gasteiger partial charge < -0.3 is 14.8 Å². The average Bonchev–Trinajstić information content (AvgIpc) is 3.35. The van der Waals surface area contributed by atoms with Gasteiger partial charge in [0.1, 0.15) is 11.0 Å². The van der Waals surface area contributed by atoms with Crippen molar-refractivity contribution in [1.29, 1.82) is 0 Å². The molecule has 1 N–H and O–H groups in total. The van der Waals surface area contributed by atoms with Crippen LogP contribution in [0.4, 0.5) is 5.00 Å². The number of esters is 2. The highest BCUT2D eigenvalue weighted by Crippen LogP contribution is 2.38. The number of nitrogens with zero attached hydrogens (tertiary/aromatic N) is 1. The first-order chi connectivity index (χ1) is 17.7. The lowest BCUT2D eigenvalue weighted by molar-refractivity contribution is -0.151. The maximum absolute atomic E-state index is 13.1. The van der Waals surface area contributed by atoms with Gasteiger partial charge in [-0.25, -0.2) is 9.59 Å². The highest BCUT2D eigenvalue weighted by Gasteiger charge is 2.43. The van der Waals surface area contributed by atoms with Crippen molar-refractivity contribution >= 4 is 46.0 Å². The first-order valence-electron chi connectivity index (χ1n) is 12.5. The van der Waals surface area contributed by atoms with Crippen LogP contribution in [-0.4, -0.2) is 53.8 Å². The minimum absolute atomic E-state index is 0.0275. The van der Waals surface area contributed by atoms with Crippen molar-refractivity contribution in [2.75, 3.05) is 18.5 Å². The number of amides is 3. The average molecular weight is 527 g/mol. The monoisotopic (exact) mass is 526 g/mol. The number of nitrogens with one attached hydrogen (secondary N) is 1. The third-order valence-corrected chi connectivity index (χ3v) is 7.56. The van der Waals surface area contributed by atoms with Crippen LogP contribution in [-0.2, 0) is 31.9 Å². The van der Waals surface area contributed by atoms with Gasteiger partial charge in [-0.1, -0.05) is 26.0 Å². The van der Waals surface area contributed by atoms with Crippen molar-refractivity contribution in [3.63, 3.8) is 0 Å². The predicted molar refractivity (Wildman–Crippen MR) is 137 cm³/mol.